The van der Waals surface area contributed by atoms with Crippen molar-refractivity contribution in [3.63, 3.8) is 0 Å². The van der Waals surface area contributed by atoms with Gasteiger partial charge in [-0.2, -0.15) is 0 Å². The van der Waals surface area contributed by atoms with Crippen molar-refractivity contribution in [1.29, 1.82) is 0 Å². The van der Waals surface area contributed by atoms with Crippen LogP contribution < -0.4 is 0 Å². The molecule has 1 aromatic carbocycles. The van der Waals surface area contributed by atoms with Crippen LogP contribution in [0.4, 0.5) is 0 Å². The van der Waals surface area contributed by atoms with Gasteiger partial charge in [-0.25, -0.2) is 0 Å². The third-order valence-electron chi connectivity index (χ3n) is 3.95. The number of hydrogen-bond acceptors (Lipinski definition) is 1. The summed E-state index contributed by atoms with van der Waals surface area (Å²) in [6.07, 6.45) is 7.13. The molecule has 0 aromatic heterocycles. The van der Waals surface area contributed by atoms with Crippen LogP contribution in [0.3, 0.4) is 0 Å². The number of rotatable bonds is 3. The molecule has 0 spiro atoms. The molecule has 3 heteroatoms. The van der Waals surface area contributed by atoms with Gasteiger partial charge >= 0.3 is 0 Å². The van der Waals surface area contributed by atoms with Crippen molar-refractivity contribution in [2.24, 2.45) is 5.92 Å². The third kappa shape index (κ3) is 4.07. The maximum atomic E-state index is 12.5. The standard InChI is InChI=1S/C16H22BrNO/c1-18(12-14-10-6-7-11-15(14)17)16(19)13-8-4-2-3-5-9-13/h6-7,10-11,13H,2-5,8-9,12H2,1H3. The first kappa shape index (κ1) is 14.6. The van der Waals surface area contributed by atoms with E-state index in [9.17, 15) is 4.79 Å². The van der Waals surface area contributed by atoms with Gasteiger partial charge < -0.3 is 4.90 Å². The van der Waals surface area contributed by atoms with E-state index in [0.717, 1.165) is 17.3 Å². The Morgan fingerprint density at radius 3 is 2.47 bits per heavy atom. The highest BCUT2D eigenvalue weighted by molar-refractivity contribution is 9.10. The van der Waals surface area contributed by atoms with Crippen molar-refractivity contribution in [3.05, 3.63) is 34.3 Å². The van der Waals surface area contributed by atoms with Gasteiger partial charge in [-0.1, -0.05) is 59.8 Å². The molecule has 0 atom stereocenters. The molecule has 2 nitrogen and oxygen atoms in total. The lowest BCUT2D eigenvalue weighted by atomic mass is 9.98. The number of halogens is 1. The summed E-state index contributed by atoms with van der Waals surface area (Å²) in [6.45, 7) is 0.691. The zero-order chi connectivity index (χ0) is 13.7. The van der Waals surface area contributed by atoms with Crippen LogP contribution in [-0.4, -0.2) is 17.9 Å². The van der Waals surface area contributed by atoms with Gasteiger partial charge in [-0.3, -0.25) is 4.79 Å². The molecule has 104 valence electrons. The molecule has 1 fully saturated rings. The van der Waals surface area contributed by atoms with Crippen LogP contribution in [0, 0.1) is 5.92 Å². The highest BCUT2D eigenvalue weighted by atomic mass is 79.9. The Labute approximate surface area is 124 Å². The molecule has 0 aliphatic heterocycles. The number of hydrogen-bond donors (Lipinski definition) is 0. The molecule has 0 heterocycles. The van der Waals surface area contributed by atoms with Crippen LogP contribution in [0.1, 0.15) is 44.1 Å². The molecule has 19 heavy (non-hydrogen) atoms. The second-order valence-corrected chi connectivity index (χ2v) is 6.33. The smallest absolute Gasteiger partial charge is 0.225 e. The van der Waals surface area contributed by atoms with Crippen LogP contribution in [0.2, 0.25) is 0 Å². The maximum absolute atomic E-state index is 12.5. The summed E-state index contributed by atoms with van der Waals surface area (Å²) >= 11 is 3.54. The van der Waals surface area contributed by atoms with Gasteiger partial charge in [0.1, 0.15) is 0 Å². The molecule has 1 saturated carbocycles. The molecule has 1 amide bonds. The first-order valence-electron chi connectivity index (χ1n) is 7.17. The number of carbonyl (C=O) groups is 1. The Morgan fingerprint density at radius 1 is 1.21 bits per heavy atom. The summed E-state index contributed by atoms with van der Waals surface area (Å²) in [5.41, 5.74) is 1.17. The normalized spacial score (nSPS) is 16.9. The topological polar surface area (TPSA) is 20.3 Å². The Morgan fingerprint density at radius 2 is 1.84 bits per heavy atom. The quantitative estimate of drug-likeness (QED) is 0.756. The SMILES string of the molecule is CN(Cc1ccccc1Br)C(=O)C1CCCCCC1. The summed E-state index contributed by atoms with van der Waals surface area (Å²) in [5, 5.41) is 0. The Balaban J connectivity index is 1.97. The molecule has 1 aliphatic carbocycles. The highest BCUT2D eigenvalue weighted by Gasteiger charge is 2.23. The largest absolute Gasteiger partial charge is 0.341 e. The summed E-state index contributed by atoms with van der Waals surface area (Å²) in [5.74, 6) is 0.563. The number of benzene rings is 1. The summed E-state index contributed by atoms with van der Waals surface area (Å²) in [4.78, 5) is 14.4. The van der Waals surface area contributed by atoms with Gasteiger partial charge in [-0.15, -0.1) is 0 Å². The van der Waals surface area contributed by atoms with Gasteiger partial charge in [0, 0.05) is 24.0 Å². The van der Waals surface area contributed by atoms with E-state index < -0.39 is 0 Å². The average molecular weight is 324 g/mol. The zero-order valence-electron chi connectivity index (χ0n) is 11.6. The Hall–Kier alpha value is -0.830. The molecular weight excluding hydrogens is 302 g/mol. The molecule has 0 radical (unpaired) electrons. The predicted molar refractivity (Wildman–Crippen MR) is 81.8 cm³/mol. The minimum atomic E-state index is 0.245. The zero-order valence-corrected chi connectivity index (χ0v) is 13.2. The lowest BCUT2D eigenvalue weighted by Gasteiger charge is -2.23. The first-order valence-corrected chi connectivity index (χ1v) is 7.96. The van der Waals surface area contributed by atoms with E-state index >= 15 is 0 Å². The first-order chi connectivity index (χ1) is 9.18. The fraction of sp³-hybridized carbons (Fsp3) is 0.562. The van der Waals surface area contributed by atoms with Crippen molar-refractivity contribution in [2.75, 3.05) is 7.05 Å². The van der Waals surface area contributed by atoms with Crippen molar-refractivity contribution in [1.82, 2.24) is 4.90 Å². The fourth-order valence-electron chi connectivity index (χ4n) is 2.80. The number of nitrogens with zero attached hydrogens (tertiary/aromatic N) is 1. The van der Waals surface area contributed by atoms with E-state index in [1.54, 1.807) is 0 Å². The Kier molecular flexibility index (Phi) is 5.44. The molecular formula is C16H22BrNO. The van der Waals surface area contributed by atoms with Crippen LogP contribution in [-0.2, 0) is 11.3 Å². The van der Waals surface area contributed by atoms with Gasteiger partial charge in [0.05, 0.1) is 0 Å². The monoisotopic (exact) mass is 323 g/mol. The van der Waals surface area contributed by atoms with Crippen molar-refractivity contribution >= 4 is 21.8 Å². The minimum Gasteiger partial charge on any atom is -0.341 e. The molecule has 2 rings (SSSR count). The van der Waals surface area contributed by atoms with Gasteiger partial charge in [0.15, 0.2) is 0 Å². The lowest BCUT2D eigenvalue weighted by molar-refractivity contribution is -0.135. The maximum Gasteiger partial charge on any atom is 0.225 e. The van der Waals surface area contributed by atoms with Gasteiger partial charge in [0.25, 0.3) is 0 Å². The molecule has 1 aromatic rings. The van der Waals surface area contributed by atoms with E-state index in [2.05, 4.69) is 22.0 Å². The lowest BCUT2D eigenvalue weighted by Crippen LogP contribution is -2.32. The fourth-order valence-corrected chi connectivity index (χ4v) is 3.21. The van der Waals surface area contributed by atoms with Crippen LogP contribution >= 0.6 is 15.9 Å². The molecule has 0 bridgehead atoms. The van der Waals surface area contributed by atoms with Crippen molar-refractivity contribution < 1.29 is 4.79 Å². The molecule has 0 N–H and O–H groups in total. The molecule has 0 saturated heterocycles. The van der Waals surface area contributed by atoms with E-state index in [-0.39, 0.29) is 5.92 Å². The third-order valence-corrected chi connectivity index (χ3v) is 4.72. The van der Waals surface area contributed by atoms with E-state index in [1.165, 1.54) is 31.2 Å². The van der Waals surface area contributed by atoms with Crippen molar-refractivity contribution in [2.45, 2.75) is 45.1 Å². The van der Waals surface area contributed by atoms with E-state index in [1.807, 2.05) is 30.1 Å². The number of carbonyl (C=O) groups excluding carboxylic acids is 1. The van der Waals surface area contributed by atoms with E-state index in [4.69, 9.17) is 0 Å². The highest BCUT2D eigenvalue weighted by Crippen LogP contribution is 2.25. The van der Waals surface area contributed by atoms with E-state index in [0.29, 0.717) is 12.5 Å². The summed E-state index contributed by atoms with van der Waals surface area (Å²) in [6, 6.07) is 8.12. The predicted octanol–water partition coefficient (Wildman–Crippen LogP) is 4.38. The average Bonchev–Trinajstić information content (AvgIpc) is 2.69. The Bertz CT molecular complexity index is 425. The van der Waals surface area contributed by atoms with Gasteiger partial charge in [0.2, 0.25) is 5.91 Å². The molecule has 1 aliphatic rings. The summed E-state index contributed by atoms with van der Waals surface area (Å²) in [7, 11) is 1.92. The number of amides is 1. The summed E-state index contributed by atoms with van der Waals surface area (Å²) < 4.78 is 1.08. The molecule has 0 unspecified atom stereocenters. The minimum absolute atomic E-state index is 0.245. The second kappa shape index (κ2) is 7.09. The van der Waals surface area contributed by atoms with Crippen LogP contribution in [0.15, 0.2) is 28.7 Å². The van der Waals surface area contributed by atoms with Crippen LogP contribution in [0.5, 0.6) is 0 Å². The second-order valence-electron chi connectivity index (χ2n) is 5.47. The van der Waals surface area contributed by atoms with Gasteiger partial charge in [-0.05, 0) is 24.5 Å². The van der Waals surface area contributed by atoms with Crippen LogP contribution in [0.25, 0.3) is 0 Å². The van der Waals surface area contributed by atoms with Crippen molar-refractivity contribution in [3.8, 4) is 0 Å².